The van der Waals surface area contributed by atoms with Crippen LogP contribution in [0.4, 0.5) is 0 Å². The van der Waals surface area contributed by atoms with Crippen molar-refractivity contribution in [3.05, 3.63) is 11.7 Å². The molecule has 4 nitrogen and oxygen atoms in total. The van der Waals surface area contributed by atoms with E-state index in [0.29, 0.717) is 11.8 Å². The van der Waals surface area contributed by atoms with Crippen LogP contribution in [0.25, 0.3) is 0 Å². The van der Waals surface area contributed by atoms with Crippen molar-refractivity contribution in [2.45, 2.75) is 31.9 Å². The molecule has 1 aromatic rings. The van der Waals surface area contributed by atoms with E-state index in [1.54, 1.807) is 0 Å². The van der Waals surface area contributed by atoms with Crippen LogP contribution in [0.3, 0.4) is 0 Å². The summed E-state index contributed by atoms with van der Waals surface area (Å²) in [7, 11) is 0. The lowest BCUT2D eigenvalue weighted by Gasteiger charge is -2.30. The molecule has 0 radical (unpaired) electrons. The summed E-state index contributed by atoms with van der Waals surface area (Å²) in [6.07, 6.45) is 1.19. The maximum atomic E-state index is 5.31. The molecular formula is C11H19N3OS. The van der Waals surface area contributed by atoms with E-state index in [1.165, 1.54) is 6.42 Å². The standard InChI is InChI=1S/C11H19N3OS/c1-3-4-16-7-10-13-11(15-14-10)8(2)9-5-12-6-9/h8-9,12H,3-7H2,1-2H3. The summed E-state index contributed by atoms with van der Waals surface area (Å²) >= 11 is 1.86. The van der Waals surface area contributed by atoms with Gasteiger partial charge in [-0.05, 0) is 31.2 Å². The van der Waals surface area contributed by atoms with E-state index < -0.39 is 0 Å². The van der Waals surface area contributed by atoms with Crippen molar-refractivity contribution in [2.24, 2.45) is 5.92 Å². The number of rotatable bonds is 6. The van der Waals surface area contributed by atoms with Crippen molar-refractivity contribution in [1.29, 1.82) is 0 Å². The Balaban J connectivity index is 1.85. The van der Waals surface area contributed by atoms with Crippen molar-refractivity contribution in [2.75, 3.05) is 18.8 Å². The Hall–Kier alpha value is -0.550. The fraction of sp³-hybridized carbons (Fsp3) is 0.818. The minimum atomic E-state index is 0.388. The third-order valence-corrected chi connectivity index (χ3v) is 4.13. The highest BCUT2D eigenvalue weighted by molar-refractivity contribution is 7.98. The Labute approximate surface area is 101 Å². The molecule has 0 saturated carbocycles. The molecule has 2 rings (SSSR count). The lowest BCUT2D eigenvalue weighted by Crippen LogP contribution is -2.44. The summed E-state index contributed by atoms with van der Waals surface area (Å²) in [5, 5.41) is 7.29. The van der Waals surface area contributed by atoms with Gasteiger partial charge in [0.05, 0.1) is 5.75 Å². The molecular weight excluding hydrogens is 222 g/mol. The number of hydrogen-bond donors (Lipinski definition) is 1. The zero-order chi connectivity index (χ0) is 11.4. The molecule has 1 aliphatic heterocycles. The molecule has 90 valence electrons. The summed E-state index contributed by atoms with van der Waals surface area (Å²) in [5.41, 5.74) is 0. The lowest BCUT2D eigenvalue weighted by atomic mass is 9.89. The SMILES string of the molecule is CCCSCc1noc(C(C)C2CNC2)n1. The van der Waals surface area contributed by atoms with Gasteiger partial charge in [0, 0.05) is 5.92 Å². The second-order valence-corrected chi connectivity index (χ2v) is 5.41. The van der Waals surface area contributed by atoms with E-state index in [4.69, 9.17) is 4.52 Å². The van der Waals surface area contributed by atoms with E-state index in [1.807, 2.05) is 11.8 Å². The average molecular weight is 241 g/mol. The van der Waals surface area contributed by atoms with Crippen molar-refractivity contribution >= 4 is 11.8 Å². The van der Waals surface area contributed by atoms with E-state index >= 15 is 0 Å². The smallest absolute Gasteiger partial charge is 0.229 e. The van der Waals surface area contributed by atoms with Crippen LogP contribution >= 0.6 is 11.8 Å². The summed E-state index contributed by atoms with van der Waals surface area (Å²) in [4.78, 5) is 4.46. The van der Waals surface area contributed by atoms with Crippen LogP contribution in [0.1, 0.15) is 37.9 Å². The first-order valence-electron chi connectivity index (χ1n) is 5.92. The Morgan fingerprint density at radius 3 is 3.00 bits per heavy atom. The topological polar surface area (TPSA) is 51.0 Å². The third kappa shape index (κ3) is 2.77. The zero-order valence-corrected chi connectivity index (χ0v) is 10.7. The fourth-order valence-electron chi connectivity index (χ4n) is 1.69. The van der Waals surface area contributed by atoms with Crippen molar-refractivity contribution in [3.8, 4) is 0 Å². The Kier molecular flexibility index (Phi) is 4.23. The highest BCUT2D eigenvalue weighted by Crippen LogP contribution is 2.26. The first-order chi connectivity index (χ1) is 7.81. The summed E-state index contributed by atoms with van der Waals surface area (Å²) in [6.45, 7) is 6.50. The molecule has 0 aromatic carbocycles. The summed E-state index contributed by atoms with van der Waals surface area (Å²) in [5.74, 6) is 4.72. The van der Waals surface area contributed by atoms with Gasteiger partial charge in [-0.15, -0.1) is 0 Å². The van der Waals surface area contributed by atoms with Crippen LogP contribution in [0, 0.1) is 5.92 Å². The van der Waals surface area contributed by atoms with Crippen LogP contribution in [0.5, 0.6) is 0 Å². The molecule has 5 heteroatoms. The second kappa shape index (κ2) is 5.68. The number of thioether (sulfide) groups is 1. The predicted molar refractivity (Wildman–Crippen MR) is 65.5 cm³/mol. The fourth-order valence-corrected chi connectivity index (χ4v) is 2.42. The van der Waals surface area contributed by atoms with Gasteiger partial charge in [0.25, 0.3) is 0 Å². The monoisotopic (exact) mass is 241 g/mol. The molecule has 0 aliphatic carbocycles. The van der Waals surface area contributed by atoms with Gasteiger partial charge in [0.15, 0.2) is 5.82 Å². The van der Waals surface area contributed by atoms with Gasteiger partial charge < -0.3 is 9.84 Å². The van der Waals surface area contributed by atoms with Gasteiger partial charge >= 0.3 is 0 Å². The number of hydrogen-bond acceptors (Lipinski definition) is 5. The molecule has 16 heavy (non-hydrogen) atoms. The molecule has 1 aromatic heterocycles. The highest BCUT2D eigenvalue weighted by Gasteiger charge is 2.28. The number of nitrogens with zero attached hydrogens (tertiary/aromatic N) is 2. The van der Waals surface area contributed by atoms with Crippen LogP contribution in [-0.2, 0) is 5.75 Å². The Bertz CT molecular complexity index is 325. The van der Waals surface area contributed by atoms with E-state index in [-0.39, 0.29) is 0 Å². The molecule has 1 saturated heterocycles. The van der Waals surface area contributed by atoms with Crippen molar-refractivity contribution in [3.63, 3.8) is 0 Å². The van der Waals surface area contributed by atoms with E-state index in [0.717, 1.165) is 36.3 Å². The Morgan fingerprint density at radius 2 is 2.38 bits per heavy atom. The first-order valence-corrected chi connectivity index (χ1v) is 7.07. The molecule has 2 heterocycles. The molecule has 1 N–H and O–H groups in total. The molecule has 1 aliphatic rings. The minimum Gasteiger partial charge on any atom is -0.339 e. The first kappa shape index (κ1) is 11.9. The van der Waals surface area contributed by atoms with Crippen molar-refractivity contribution in [1.82, 2.24) is 15.5 Å². The molecule has 1 fully saturated rings. The molecule has 1 atom stereocenters. The summed E-state index contributed by atoms with van der Waals surface area (Å²) < 4.78 is 5.31. The molecule has 0 bridgehead atoms. The molecule has 0 spiro atoms. The normalized spacial score (nSPS) is 18.4. The number of nitrogens with one attached hydrogen (secondary N) is 1. The molecule has 0 amide bonds. The van der Waals surface area contributed by atoms with Gasteiger partial charge in [-0.25, -0.2) is 0 Å². The second-order valence-electron chi connectivity index (χ2n) is 4.31. The van der Waals surface area contributed by atoms with Crippen LogP contribution in [0.2, 0.25) is 0 Å². The van der Waals surface area contributed by atoms with Gasteiger partial charge in [-0.3, -0.25) is 0 Å². The van der Waals surface area contributed by atoms with Gasteiger partial charge in [0.1, 0.15) is 0 Å². The quantitative estimate of drug-likeness (QED) is 0.772. The zero-order valence-electron chi connectivity index (χ0n) is 9.90. The largest absolute Gasteiger partial charge is 0.339 e. The van der Waals surface area contributed by atoms with Crippen LogP contribution in [-0.4, -0.2) is 29.0 Å². The average Bonchev–Trinajstić information content (AvgIpc) is 2.64. The van der Waals surface area contributed by atoms with E-state index in [9.17, 15) is 0 Å². The van der Waals surface area contributed by atoms with Gasteiger partial charge in [-0.2, -0.15) is 16.7 Å². The third-order valence-electron chi connectivity index (χ3n) is 2.97. The van der Waals surface area contributed by atoms with Gasteiger partial charge in [0.2, 0.25) is 5.89 Å². The maximum Gasteiger partial charge on any atom is 0.229 e. The van der Waals surface area contributed by atoms with Crippen molar-refractivity contribution < 1.29 is 4.52 Å². The van der Waals surface area contributed by atoms with Crippen LogP contribution < -0.4 is 5.32 Å². The highest BCUT2D eigenvalue weighted by atomic mass is 32.2. The lowest BCUT2D eigenvalue weighted by molar-refractivity contribution is 0.252. The maximum absolute atomic E-state index is 5.31. The molecule has 1 unspecified atom stereocenters. The minimum absolute atomic E-state index is 0.388. The Morgan fingerprint density at radius 1 is 1.56 bits per heavy atom. The van der Waals surface area contributed by atoms with Gasteiger partial charge in [-0.1, -0.05) is 19.0 Å². The number of aromatic nitrogens is 2. The van der Waals surface area contributed by atoms with E-state index in [2.05, 4.69) is 29.3 Å². The summed E-state index contributed by atoms with van der Waals surface area (Å²) in [6, 6.07) is 0. The van der Waals surface area contributed by atoms with Crippen LogP contribution in [0.15, 0.2) is 4.52 Å². The predicted octanol–water partition coefficient (Wildman–Crippen LogP) is 2.04.